The number of rotatable bonds is 6. The van der Waals surface area contributed by atoms with Crippen LogP contribution in [0, 0.1) is 0 Å². The quantitative estimate of drug-likeness (QED) is 0.822. The van der Waals surface area contributed by atoms with Crippen LogP contribution < -0.4 is 0 Å². The minimum Gasteiger partial charge on any atom is -0.341 e. The fourth-order valence-electron chi connectivity index (χ4n) is 2.23. The first kappa shape index (κ1) is 16.1. The van der Waals surface area contributed by atoms with E-state index in [0.29, 0.717) is 18.0 Å². The van der Waals surface area contributed by atoms with Crippen LogP contribution in [0.1, 0.15) is 47.8 Å². The normalized spacial score (nSPS) is 12.0. The number of pyridine rings is 2. The summed E-state index contributed by atoms with van der Waals surface area (Å²) < 4.78 is 0. The molecular formula is C18H23N3O. The summed E-state index contributed by atoms with van der Waals surface area (Å²) in [4.78, 5) is 22.7. The van der Waals surface area contributed by atoms with Crippen molar-refractivity contribution in [3.63, 3.8) is 0 Å². The summed E-state index contributed by atoms with van der Waals surface area (Å²) in [6.07, 6.45) is 7.05. The zero-order valence-corrected chi connectivity index (χ0v) is 13.5. The van der Waals surface area contributed by atoms with E-state index in [2.05, 4.69) is 23.8 Å². The van der Waals surface area contributed by atoms with E-state index in [9.17, 15) is 4.79 Å². The molecule has 0 saturated heterocycles. The molecule has 2 rings (SSSR count). The Morgan fingerprint density at radius 2 is 2.14 bits per heavy atom. The van der Waals surface area contributed by atoms with Crippen LogP contribution in [0.2, 0.25) is 0 Å². The number of aromatic nitrogens is 2. The van der Waals surface area contributed by atoms with E-state index in [1.165, 1.54) is 0 Å². The Bertz CT molecular complexity index is 613. The van der Waals surface area contributed by atoms with E-state index in [0.717, 1.165) is 24.1 Å². The van der Waals surface area contributed by atoms with E-state index in [-0.39, 0.29) is 5.91 Å². The highest BCUT2D eigenvalue weighted by Crippen LogP contribution is 2.19. The molecule has 0 bridgehead atoms. The van der Waals surface area contributed by atoms with Crippen LogP contribution in [0.4, 0.5) is 0 Å². The van der Waals surface area contributed by atoms with Gasteiger partial charge in [0.15, 0.2) is 0 Å². The Hall–Kier alpha value is -2.23. The molecule has 0 aromatic carbocycles. The molecule has 2 heterocycles. The van der Waals surface area contributed by atoms with Gasteiger partial charge in [-0.05, 0) is 36.1 Å². The van der Waals surface area contributed by atoms with Gasteiger partial charge in [0.05, 0.1) is 5.56 Å². The molecule has 4 heteroatoms. The average Bonchev–Trinajstić information content (AvgIpc) is 2.59. The second-order valence-corrected chi connectivity index (χ2v) is 5.61. The third-order valence-corrected chi connectivity index (χ3v) is 3.96. The van der Waals surface area contributed by atoms with Crippen LogP contribution in [0.5, 0.6) is 0 Å². The molecule has 1 atom stereocenters. The van der Waals surface area contributed by atoms with Crippen LogP contribution in [-0.4, -0.2) is 34.4 Å². The summed E-state index contributed by atoms with van der Waals surface area (Å²) in [7, 11) is 1.82. The van der Waals surface area contributed by atoms with Crippen LogP contribution in [-0.2, 0) is 6.42 Å². The van der Waals surface area contributed by atoms with E-state index in [1.54, 1.807) is 17.3 Å². The van der Waals surface area contributed by atoms with Crippen molar-refractivity contribution in [2.75, 3.05) is 13.6 Å². The summed E-state index contributed by atoms with van der Waals surface area (Å²) in [5, 5.41) is 0. The van der Waals surface area contributed by atoms with Gasteiger partial charge < -0.3 is 4.90 Å². The summed E-state index contributed by atoms with van der Waals surface area (Å²) >= 11 is 0. The lowest BCUT2D eigenvalue weighted by atomic mass is 9.99. The van der Waals surface area contributed by atoms with Gasteiger partial charge in [-0.15, -0.1) is 0 Å². The van der Waals surface area contributed by atoms with Crippen LogP contribution in [0.25, 0.3) is 0 Å². The van der Waals surface area contributed by atoms with Gasteiger partial charge in [-0.25, -0.2) is 0 Å². The maximum atomic E-state index is 12.5. The Balaban J connectivity index is 2.01. The molecule has 0 saturated carbocycles. The first-order valence-corrected chi connectivity index (χ1v) is 7.72. The summed E-state index contributed by atoms with van der Waals surface area (Å²) in [6, 6.07) is 7.79. The fourth-order valence-corrected chi connectivity index (χ4v) is 2.23. The van der Waals surface area contributed by atoms with E-state index < -0.39 is 0 Å². The molecule has 0 aliphatic rings. The maximum absolute atomic E-state index is 12.5. The molecule has 0 aliphatic heterocycles. The molecule has 4 nitrogen and oxygen atoms in total. The van der Waals surface area contributed by atoms with Crippen LogP contribution >= 0.6 is 0 Å². The second-order valence-electron chi connectivity index (χ2n) is 5.61. The van der Waals surface area contributed by atoms with Crippen molar-refractivity contribution in [1.29, 1.82) is 0 Å². The van der Waals surface area contributed by atoms with E-state index in [4.69, 9.17) is 0 Å². The predicted octanol–water partition coefficient (Wildman–Crippen LogP) is 3.30. The lowest BCUT2D eigenvalue weighted by Crippen LogP contribution is -2.29. The number of likely N-dealkylation sites (N-methyl/N-ethyl adjacent to an activating group) is 1. The van der Waals surface area contributed by atoms with Crippen molar-refractivity contribution in [1.82, 2.24) is 14.9 Å². The Labute approximate surface area is 132 Å². The molecule has 2 aromatic heterocycles. The molecule has 0 N–H and O–H groups in total. The van der Waals surface area contributed by atoms with Crippen LogP contribution in [0.15, 0.2) is 42.9 Å². The molecular weight excluding hydrogens is 274 g/mol. The number of hydrogen-bond acceptors (Lipinski definition) is 3. The summed E-state index contributed by atoms with van der Waals surface area (Å²) in [6.45, 7) is 4.93. The number of carbonyl (C=O) groups excluding carboxylic acids is 1. The number of carbonyl (C=O) groups is 1. The number of nitrogens with zero attached hydrogens (tertiary/aromatic N) is 3. The third kappa shape index (κ3) is 4.13. The van der Waals surface area contributed by atoms with Crippen molar-refractivity contribution in [2.24, 2.45) is 0 Å². The SMILES string of the molecule is CCC(C)c1cncc(C(=O)N(C)CCc2ccccn2)c1. The molecule has 0 radical (unpaired) electrons. The Morgan fingerprint density at radius 3 is 2.82 bits per heavy atom. The third-order valence-electron chi connectivity index (χ3n) is 3.96. The minimum atomic E-state index is 0.00795. The number of amides is 1. The zero-order valence-electron chi connectivity index (χ0n) is 13.5. The smallest absolute Gasteiger partial charge is 0.255 e. The van der Waals surface area contributed by atoms with Crippen molar-refractivity contribution in [2.45, 2.75) is 32.6 Å². The molecule has 1 unspecified atom stereocenters. The molecule has 116 valence electrons. The van der Waals surface area contributed by atoms with Crippen molar-refractivity contribution >= 4 is 5.91 Å². The first-order chi connectivity index (χ1) is 10.6. The summed E-state index contributed by atoms with van der Waals surface area (Å²) in [5.74, 6) is 0.424. The van der Waals surface area contributed by atoms with Gasteiger partial charge in [0, 0.05) is 44.3 Å². The zero-order chi connectivity index (χ0) is 15.9. The molecule has 2 aromatic rings. The highest BCUT2D eigenvalue weighted by Gasteiger charge is 2.14. The van der Waals surface area contributed by atoms with Gasteiger partial charge in [-0.1, -0.05) is 19.9 Å². The molecule has 22 heavy (non-hydrogen) atoms. The first-order valence-electron chi connectivity index (χ1n) is 7.72. The van der Waals surface area contributed by atoms with Gasteiger partial charge in [-0.3, -0.25) is 14.8 Å². The van der Waals surface area contributed by atoms with Crippen molar-refractivity contribution in [3.8, 4) is 0 Å². The summed E-state index contributed by atoms with van der Waals surface area (Å²) in [5.41, 5.74) is 2.77. The minimum absolute atomic E-state index is 0.00795. The lowest BCUT2D eigenvalue weighted by Gasteiger charge is -2.18. The molecule has 0 aliphatic carbocycles. The van der Waals surface area contributed by atoms with Gasteiger partial charge in [0.2, 0.25) is 0 Å². The largest absolute Gasteiger partial charge is 0.341 e. The standard InChI is InChI=1S/C18H23N3O/c1-4-14(2)15-11-16(13-19-12-15)18(22)21(3)10-8-17-7-5-6-9-20-17/h5-7,9,11-14H,4,8,10H2,1-3H3. The van der Waals surface area contributed by atoms with Crippen LogP contribution in [0.3, 0.4) is 0 Å². The molecule has 0 spiro atoms. The van der Waals surface area contributed by atoms with Gasteiger partial charge in [0.25, 0.3) is 5.91 Å². The Morgan fingerprint density at radius 1 is 1.32 bits per heavy atom. The molecule has 0 fully saturated rings. The lowest BCUT2D eigenvalue weighted by molar-refractivity contribution is 0.0796. The van der Waals surface area contributed by atoms with E-state index >= 15 is 0 Å². The van der Waals surface area contributed by atoms with Gasteiger partial charge >= 0.3 is 0 Å². The van der Waals surface area contributed by atoms with Crippen molar-refractivity contribution in [3.05, 3.63) is 59.7 Å². The van der Waals surface area contributed by atoms with Gasteiger partial charge in [0.1, 0.15) is 0 Å². The second kappa shape index (κ2) is 7.69. The predicted molar refractivity (Wildman–Crippen MR) is 87.8 cm³/mol. The van der Waals surface area contributed by atoms with Gasteiger partial charge in [-0.2, -0.15) is 0 Å². The molecule has 1 amide bonds. The Kier molecular flexibility index (Phi) is 5.64. The highest BCUT2D eigenvalue weighted by atomic mass is 16.2. The highest BCUT2D eigenvalue weighted by molar-refractivity contribution is 5.93. The average molecular weight is 297 g/mol. The monoisotopic (exact) mass is 297 g/mol. The number of hydrogen-bond donors (Lipinski definition) is 0. The maximum Gasteiger partial charge on any atom is 0.255 e. The van der Waals surface area contributed by atoms with E-state index in [1.807, 2.05) is 37.5 Å². The fraction of sp³-hybridized carbons (Fsp3) is 0.389. The topological polar surface area (TPSA) is 46.1 Å². The van der Waals surface area contributed by atoms with Crippen molar-refractivity contribution < 1.29 is 4.79 Å².